The van der Waals surface area contributed by atoms with Crippen LogP contribution in [0.15, 0.2) is 18.2 Å². The van der Waals surface area contributed by atoms with Crippen molar-refractivity contribution in [1.29, 1.82) is 0 Å². The van der Waals surface area contributed by atoms with Crippen LogP contribution in [0.25, 0.3) is 11.4 Å². The first-order chi connectivity index (χ1) is 7.63. The van der Waals surface area contributed by atoms with Crippen LogP contribution >= 0.6 is 0 Å². The van der Waals surface area contributed by atoms with E-state index in [1.54, 1.807) is 12.1 Å². The van der Waals surface area contributed by atoms with Gasteiger partial charge in [0.15, 0.2) is 5.82 Å². The van der Waals surface area contributed by atoms with Gasteiger partial charge in [0.1, 0.15) is 11.5 Å². The fraction of sp³-hybridized carbons (Fsp3) is 0.111. The van der Waals surface area contributed by atoms with Gasteiger partial charge in [-0.15, -0.1) is 10.2 Å². The summed E-state index contributed by atoms with van der Waals surface area (Å²) in [6.07, 6.45) is 0. The number of aromatic hydroxyl groups is 1. The lowest BCUT2D eigenvalue weighted by Gasteiger charge is -2.06. The SMILES string of the molecule is COc1ccc(O)c(-c2nnc(N)n2N)c1. The van der Waals surface area contributed by atoms with Crippen LogP contribution < -0.4 is 16.3 Å². The smallest absolute Gasteiger partial charge is 0.241 e. The molecule has 0 spiro atoms. The zero-order valence-corrected chi connectivity index (χ0v) is 8.58. The molecule has 5 N–H and O–H groups in total. The van der Waals surface area contributed by atoms with Crippen molar-refractivity contribution in [3.63, 3.8) is 0 Å². The van der Waals surface area contributed by atoms with Gasteiger partial charge >= 0.3 is 0 Å². The van der Waals surface area contributed by atoms with Gasteiger partial charge in [-0.3, -0.25) is 0 Å². The van der Waals surface area contributed by atoms with E-state index in [4.69, 9.17) is 16.3 Å². The van der Waals surface area contributed by atoms with E-state index < -0.39 is 0 Å². The predicted octanol–water partition coefficient (Wildman–Crippen LogP) is -0.0447. The van der Waals surface area contributed by atoms with Crippen LogP contribution in [-0.4, -0.2) is 27.1 Å². The molecule has 84 valence electrons. The van der Waals surface area contributed by atoms with Gasteiger partial charge in [0.25, 0.3) is 0 Å². The van der Waals surface area contributed by atoms with Crippen LogP contribution in [0.5, 0.6) is 11.5 Å². The second-order valence-corrected chi connectivity index (χ2v) is 3.13. The van der Waals surface area contributed by atoms with Gasteiger partial charge in [-0.1, -0.05) is 0 Å². The normalized spacial score (nSPS) is 10.3. The minimum Gasteiger partial charge on any atom is -0.507 e. The molecule has 0 aliphatic carbocycles. The minimum atomic E-state index is 0.0277. The van der Waals surface area contributed by atoms with Crippen molar-refractivity contribution in [3.8, 4) is 22.9 Å². The van der Waals surface area contributed by atoms with E-state index in [9.17, 15) is 5.11 Å². The fourth-order valence-corrected chi connectivity index (χ4v) is 1.31. The first-order valence-corrected chi connectivity index (χ1v) is 4.47. The molecule has 0 aliphatic heterocycles. The number of nitrogens with zero attached hydrogens (tertiary/aromatic N) is 3. The van der Waals surface area contributed by atoms with E-state index in [1.807, 2.05) is 0 Å². The quantitative estimate of drug-likeness (QED) is 0.613. The van der Waals surface area contributed by atoms with Crippen molar-refractivity contribution in [2.75, 3.05) is 18.7 Å². The minimum absolute atomic E-state index is 0.0277. The van der Waals surface area contributed by atoms with E-state index in [1.165, 1.54) is 13.2 Å². The average molecular weight is 221 g/mol. The van der Waals surface area contributed by atoms with Gasteiger partial charge in [-0.05, 0) is 18.2 Å². The number of benzene rings is 1. The Morgan fingerprint density at radius 3 is 2.69 bits per heavy atom. The Labute approximate surface area is 91.2 Å². The molecule has 2 rings (SSSR count). The predicted molar refractivity (Wildman–Crippen MR) is 58.2 cm³/mol. The third-order valence-corrected chi connectivity index (χ3v) is 2.17. The number of rotatable bonds is 2. The Morgan fingerprint density at radius 2 is 2.12 bits per heavy atom. The summed E-state index contributed by atoms with van der Waals surface area (Å²) in [7, 11) is 1.53. The number of phenols is 1. The van der Waals surface area contributed by atoms with Crippen LogP contribution in [0.3, 0.4) is 0 Å². The summed E-state index contributed by atoms with van der Waals surface area (Å²) in [5.41, 5.74) is 5.86. The summed E-state index contributed by atoms with van der Waals surface area (Å²) in [5, 5.41) is 17.1. The highest BCUT2D eigenvalue weighted by molar-refractivity contribution is 5.67. The summed E-state index contributed by atoms with van der Waals surface area (Å²) in [4.78, 5) is 0. The van der Waals surface area contributed by atoms with E-state index in [0.29, 0.717) is 11.3 Å². The molecule has 1 aromatic heterocycles. The average Bonchev–Trinajstić information content (AvgIpc) is 2.61. The molecular formula is C9H11N5O2. The van der Waals surface area contributed by atoms with Gasteiger partial charge in [-0.2, -0.15) is 0 Å². The maximum absolute atomic E-state index is 9.68. The summed E-state index contributed by atoms with van der Waals surface area (Å²) in [5.74, 6) is 6.55. The Morgan fingerprint density at radius 1 is 1.38 bits per heavy atom. The monoisotopic (exact) mass is 221 g/mol. The summed E-state index contributed by atoms with van der Waals surface area (Å²) in [6.45, 7) is 0. The van der Waals surface area contributed by atoms with E-state index in [2.05, 4.69) is 10.2 Å². The number of anilines is 1. The molecule has 0 saturated heterocycles. The molecular weight excluding hydrogens is 210 g/mol. The number of hydrogen-bond donors (Lipinski definition) is 3. The van der Waals surface area contributed by atoms with Crippen LogP contribution in [0.4, 0.5) is 5.95 Å². The Bertz CT molecular complexity index is 523. The van der Waals surface area contributed by atoms with Gasteiger partial charge in [0.05, 0.1) is 12.7 Å². The van der Waals surface area contributed by atoms with Crippen molar-refractivity contribution in [3.05, 3.63) is 18.2 Å². The molecule has 2 aromatic rings. The van der Waals surface area contributed by atoms with Gasteiger partial charge in [0, 0.05) is 0 Å². The summed E-state index contributed by atoms with van der Waals surface area (Å²) < 4.78 is 6.13. The highest BCUT2D eigenvalue weighted by Crippen LogP contribution is 2.31. The maximum Gasteiger partial charge on any atom is 0.241 e. The molecule has 0 saturated carbocycles. The van der Waals surface area contributed by atoms with Crippen LogP contribution in [0.1, 0.15) is 0 Å². The summed E-state index contributed by atoms with van der Waals surface area (Å²) in [6, 6.07) is 4.71. The largest absolute Gasteiger partial charge is 0.507 e. The van der Waals surface area contributed by atoms with Crippen molar-refractivity contribution < 1.29 is 9.84 Å². The Kier molecular flexibility index (Phi) is 2.28. The maximum atomic E-state index is 9.68. The second kappa shape index (κ2) is 3.61. The van der Waals surface area contributed by atoms with Crippen LogP contribution in [0, 0.1) is 0 Å². The molecule has 0 atom stereocenters. The molecule has 7 nitrogen and oxygen atoms in total. The number of hydrogen-bond acceptors (Lipinski definition) is 6. The molecule has 0 radical (unpaired) electrons. The van der Waals surface area contributed by atoms with Crippen LogP contribution in [0.2, 0.25) is 0 Å². The zero-order valence-electron chi connectivity index (χ0n) is 8.58. The van der Waals surface area contributed by atoms with Crippen molar-refractivity contribution >= 4 is 5.95 Å². The number of ether oxygens (including phenoxy) is 1. The number of methoxy groups -OCH3 is 1. The van der Waals surface area contributed by atoms with Gasteiger partial charge in [0.2, 0.25) is 5.95 Å². The van der Waals surface area contributed by atoms with Crippen molar-refractivity contribution in [2.45, 2.75) is 0 Å². The Balaban J connectivity index is 2.59. The highest BCUT2D eigenvalue weighted by Gasteiger charge is 2.14. The van der Waals surface area contributed by atoms with Crippen molar-refractivity contribution in [2.24, 2.45) is 0 Å². The molecule has 7 heteroatoms. The van der Waals surface area contributed by atoms with E-state index in [-0.39, 0.29) is 17.5 Å². The lowest BCUT2D eigenvalue weighted by atomic mass is 10.2. The first kappa shape index (κ1) is 10.1. The number of nitrogen functional groups attached to an aromatic ring is 2. The van der Waals surface area contributed by atoms with E-state index in [0.717, 1.165) is 4.68 Å². The number of nitrogens with two attached hydrogens (primary N) is 2. The molecule has 1 heterocycles. The van der Waals surface area contributed by atoms with Crippen LogP contribution in [-0.2, 0) is 0 Å². The topological polar surface area (TPSA) is 112 Å². The molecule has 0 bridgehead atoms. The third-order valence-electron chi connectivity index (χ3n) is 2.17. The molecule has 0 aliphatic rings. The molecule has 0 unspecified atom stereocenters. The molecule has 0 amide bonds. The third kappa shape index (κ3) is 1.48. The lowest BCUT2D eigenvalue weighted by molar-refractivity contribution is 0.412. The van der Waals surface area contributed by atoms with Crippen molar-refractivity contribution in [1.82, 2.24) is 14.9 Å². The lowest BCUT2D eigenvalue weighted by Crippen LogP contribution is -2.13. The Hall–Kier alpha value is -2.44. The number of phenolic OH excluding ortho intramolecular Hbond substituents is 1. The second-order valence-electron chi connectivity index (χ2n) is 3.13. The molecule has 16 heavy (non-hydrogen) atoms. The van der Waals surface area contributed by atoms with Gasteiger partial charge in [-0.25, -0.2) is 4.68 Å². The first-order valence-electron chi connectivity index (χ1n) is 4.47. The molecule has 0 fully saturated rings. The zero-order chi connectivity index (χ0) is 11.7. The molecule has 1 aromatic carbocycles. The summed E-state index contributed by atoms with van der Waals surface area (Å²) >= 11 is 0. The number of aromatic nitrogens is 3. The highest BCUT2D eigenvalue weighted by atomic mass is 16.5. The fourth-order valence-electron chi connectivity index (χ4n) is 1.31. The van der Waals surface area contributed by atoms with E-state index >= 15 is 0 Å². The standard InChI is InChI=1S/C9H11N5O2/c1-16-5-2-3-7(15)6(4-5)8-12-13-9(10)14(8)11/h2-4,15H,11H2,1H3,(H2,10,13). The van der Waals surface area contributed by atoms with Gasteiger partial charge < -0.3 is 21.4 Å².